The number of hydrogen-bond acceptors (Lipinski definition) is 0. The van der Waals surface area contributed by atoms with Crippen LogP contribution in [0.25, 0.3) is 0 Å². The van der Waals surface area contributed by atoms with Crippen molar-refractivity contribution in [1.29, 1.82) is 0 Å². The largest absolute Gasteiger partial charge is 1.00 e. The van der Waals surface area contributed by atoms with Crippen molar-refractivity contribution >= 4 is 6.72 Å². The minimum Gasteiger partial charge on any atom is -1.00 e. The summed E-state index contributed by atoms with van der Waals surface area (Å²) in [6.45, 7) is 10.2. The van der Waals surface area contributed by atoms with Crippen molar-refractivity contribution in [2.75, 3.05) is 13.1 Å². The Bertz CT molecular complexity index is 61.5. The Kier molecular flexibility index (Phi) is 9.44. The van der Waals surface area contributed by atoms with Gasteiger partial charge in [0.15, 0.2) is 0 Å². The fourth-order valence-corrected chi connectivity index (χ4v) is 0.474. The molecule has 0 aliphatic carbocycles. The summed E-state index contributed by atoms with van der Waals surface area (Å²) in [5.74, 6) is 0. The molecule has 50 valence electrons. The zero-order valence-corrected chi connectivity index (χ0v) is 6.41. The summed E-state index contributed by atoms with van der Waals surface area (Å²) in [5.41, 5.74) is 0. The first kappa shape index (κ1) is 10.9. The van der Waals surface area contributed by atoms with Crippen LogP contribution < -0.4 is 12.4 Å². The van der Waals surface area contributed by atoms with Gasteiger partial charge in [-0.3, -0.25) is 0 Å². The zero-order chi connectivity index (χ0) is 5.70. The summed E-state index contributed by atoms with van der Waals surface area (Å²) in [6, 6.07) is 0. The van der Waals surface area contributed by atoms with Crippen molar-refractivity contribution in [3.05, 3.63) is 0 Å². The summed E-state index contributed by atoms with van der Waals surface area (Å²) < 4.78 is 2.06. The molecule has 0 amide bonds. The maximum Gasteiger partial charge on any atom is 0.142 e. The first-order valence-corrected chi connectivity index (χ1v) is 2.86. The predicted molar refractivity (Wildman–Crippen MR) is 33.1 cm³/mol. The van der Waals surface area contributed by atoms with Crippen molar-refractivity contribution in [1.82, 2.24) is 0 Å². The Hall–Kier alpha value is -0.0400. The second-order valence-corrected chi connectivity index (χ2v) is 1.71. The van der Waals surface area contributed by atoms with Gasteiger partial charge in [-0.1, -0.05) is 6.92 Å². The topological polar surface area (TPSA) is 3.01 Å². The summed E-state index contributed by atoms with van der Waals surface area (Å²) in [7, 11) is 0. The lowest BCUT2D eigenvalue weighted by Gasteiger charge is -1.91. The normalized spacial score (nSPS) is 7.75. The summed E-state index contributed by atoms with van der Waals surface area (Å²) >= 11 is 0. The van der Waals surface area contributed by atoms with E-state index in [0.717, 1.165) is 13.1 Å². The van der Waals surface area contributed by atoms with Gasteiger partial charge in [0, 0.05) is 6.42 Å². The van der Waals surface area contributed by atoms with E-state index in [1.54, 1.807) is 0 Å². The van der Waals surface area contributed by atoms with Gasteiger partial charge in [-0.15, -0.1) is 0 Å². The molecule has 0 fully saturated rings. The van der Waals surface area contributed by atoms with Crippen molar-refractivity contribution in [3.8, 4) is 0 Å². The lowest BCUT2D eigenvalue weighted by Crippen LogP contribution is -3.00. The molecule has 8 heavy (non-hydrogen) atoms. The first-order chi connectivity index (χ1) is 3.31. The summed E-state index contributed by atoms with van der Waals surface area (Å²) in [4.78, 5) is 0. The van der Waals surface area contributed by atoms with E-state index in [1.165, 1.54) is 6.42 Å². The van der Waals surface area contributed by atoms with Gasteiger partial charge >= 0.3 is 0 Å². The molecule has 0 saturated heterocycles. The van der Waals surface area contributed by atoms with Gasteiger partial charge in [0.2, 0.25) is 0 Å². The molecule has 0 radical (unpaired) electrons. The van der Waals surface area contributed by atoms with E-state index < -0.39 is 0 Å². The molecule has 1 nitrogen and oxygen atoms in total. The number of hydrogen-bond donors (Lipinski definition) is 0. The van der Waals surface area contributed by atoms with Gasteiger partial charge in [-0.2, -0.15) is 0 Å². The molecule has 0 rings (SSSR count). The molecule has 0 saturated carbocycles. The van der Waals surface area contributed by atoms with E-state index in [4.69, 9.17) is 0 Å². The Labute approximate surface area is 57.8 Å². The van der Waals surface area contributed by atoms with E-state index in [0.29, 0.717) is 0 Å². The first-order valence-electron chi connectivity index (χ1n) is 2.86. The third-order valence-electron chi connectivity index (χ3n) is 0.987. The summed E-state index contributed by atoms with van der Waals surface area (Å²) in [6.07, 6.45) is 1.21. The average molecular weight is 136 g/mol. The molecule has 0 N–H and O–H groups in total. The number of nitrogens with zero attached hydrogens (tertiary/aromatic N) is 1. The van der Waals surface area contributed by atoms with Crippen molar-refractivity contribution < 1.29 is 17.0 Å². The van der Waals surface area contributed by atoms with Crippen LogP contribution in [0.15, 0.2) is 0 Å². The predicted octanol–water partition coefficient (Wildman–Crippen LogP) is -1.87. The Morgan fingerprint density at radius 2 is 1.88 bits per heavy atom. The van der Waals surface area contributed by atoms with Crippen LogP contribution in [-0.2, 0) is 0 Å². The lowest BCUT2D eigenvalue weighted by molar-refractivity contribution is -0.515. The quantitative estimate of drug-likeness (QED) is 0.315. The van der Waals surface area contributed by atoms with Crippen LogP contribution in [-0.4, -0.2) is 24.4 Å². The van der Waals surface area contributed by atoms with E-state index in [2.05, 4.69) is 25.1 Å². The molecular formula is C6H14ClN. The fourth-order valence-electron chi connectivity index (χ4n) is 0.474. The molecule has 0 aromatic rings. The van der Waals surface area contributed by atoms with Crippen LogP contribution >= 0.6 is 0 Å². The van der Waals surface area contributed by atoms with Crippen LogP contribution in [0.5, 0.6) is 0 Å². The molecule has 0 atom stereocenters. The monoisotopic (exact) mass is 135 g/mol. The van der Waals surface area contributed by atoms with Crippen molar-refractivity contribution in [2.45, 2.75) is 20.3 Å². The standard InChI is InChI=1S/C6H14N.ClH/c1-4-6-7(3)5-2;/h3-6H2,1-2H3;1H/q+1;/p-1. The maximum absolute atomic E-state index is 3.78. The maximum atomic E-state index is 3.78. The molecule has 0 aromatic carbocycles. The van der Waals surface area contributed by atoms with E-state index in [9.17, 15) is 0 Å². The van der Waals surface area contributed by atoms with Gasteiger partial charge in [-0.05, 0) is 6.92 Å². The minimum absolute atomic E-state index is 0. The summed E-state index contributed by atoms with van der Waals surface area (Å²) in [5, 5.41) is 0. The van der Waals surface area contributed by atoms with Crippen molar-refractivity contribution in [2.24, 2.45) is 0 Å². The van der Waals surface area contributed by atoms with Crippen LogP contribution in [0, 0.1) is 0 Å². The molecule has 0 unspecified atom stereocenters. The SMILES string of the molecule is C=[N+](CC)CCC.[Cl-]. The van der Waals surface area contributed by atoms with Gasteiger partial charge in [0.25, 0.3) is 0 Å². The van der Waals surface area contributed by atoms with Gasteiger partial charge < -0.3 is 12.4 Å². The Morgan fingerprint density at radius 3 is 2.00 bits per heavy atom. The van der Waals surface area contributed by atoms with Crippen molar-refractivity contribution in [3.63, 3.8) is 0 Å². The highest BCUT2D eigenvalue weighted by molar-refractivity contribution is 5.14. The smallest absolute Gasteiger partial charge is 0.142 e. The Morgan fingerprint density at radius 1 is 1.38 bits per heavy atom. The highest BCUT2D eigenvalue weighted by atomic mass is 35.5. The molecular weight excluding hydrogens is 122 g/mol. The second kappa shape index (κ2) is 6.96. The minimum atomic E-state index is 0. The molecule has 0 spiro atoms. The van der Waals surface area contributed by atoms with Gasteiger partial charge in [0.05, 0.1) is 0 Å². The molecule has 0 bridgehead atoms. The Balaban J connectivity index is 0. The molecule has 0 aliphatic heterocycles. The number of rotatable bonds is 3. The lowest BCUT2D eigenvalue weighted by atomic mass is 10.5. The fraction of sp³-hybridized carbons (Fsp3) is 0.833. The van der Waals surface area contributed by atoms with Crippen LogP contribution in [0.2, 0.25) is 0 Å². The van der Waals surface area contributed by atoms with Crippen LogP contribution in [0.4, 0.5) is 0 Å². The third kappa shape index (κ3) is 5.96. The van der Waals surface area contributed by atoms with Gasteiger partial charge in [0.1, 0.15) is 19.8 Å². The molecule has 0 heterocycles. The molecule has 0 aromatic heterocycles. The van der Waals surface area contributed by atoms with E-state index in [1.807, 2.05) is 0 Å². The zero-order valence-electron chi connectivity index (χ0n) is 5.65. The second-order valence-electron chi connectivity index (χ2n) is 1.71. The van der Waals surface area contributed by atoms with Gasteiger partial charge in [-0.25, -0.2) is 4.58 Å². The highest BCUT2D eigenvalue weighted by Gasteiger charge is 1.88. The van der Waals surface area contributed by atoms with E-state index in [-0.39, 0.29) is 12.4 Å². The van der Waals surface area contributed by atoms with E-state index >= 15 is 0 Å². The number of halogens is 1. The average Bonchev–Trinajstić information content (AvgIpc) is 1.68. The van der Waals surface area contributed by atoms with Crippen LogP contribution in [0.1, 0.15) is 20.3 Å². The molecule has 2 heteroatoms. The highest BCUT2D eigenvalue weighted by Crippen LogP contribution is 1.75. The van der Waals surface area contributed by atoms with Crippen LogP contribution in [0.3, 0.4) is 0 Å². The third-order valence-corrected chi connectivity index (χ3v) is 0.987. The molecule has 0 aliphatic rings.